The van der Waals surface area contributed by atoms with Crippen LogP contribution in [-0.4, -0.2) is 22.8 Å². The molecule has 0 amide bonds. The molecule has 0 aromatic rings. The van der Waals surface area contributed by atoms with Gasteiger partial charge in [0.25, 0.3) is 5.79 Å². The van der Waals surface area contributed by atoms with Crippen molar-refractivity contribution in [2.75, 3.05) is 0 Å². The molecule has 1 heterocycles. The van der Waals surface area contributed by atoms with E-state index in [0.29, 0.717) is 5.57 Å². The van der Waals surface area contributed by atoms with E-state index >= 15 is 0 Å². The third kappa shape index (κ3) is 2.35. The number of carboxylic acids is 1. The zero-order chi connectivity index (χ0) is 10.8. The fourth-order valence-corrected chi connectivity index (χ4v) is 1.03. The second kappa shape index (κ2) is 3.53. The molecule has 0 bridgehead atoms. The van der Waals surface area contributed by atoms with Crippen molar-refractivity contribution in [3.05, 3.63) is 24.0 Å². The fraction of sp³-hybridized carbons (Fsp3) is 0.333. The Labute approximate surface area is 80.6 Å². The van der Waals surface area contributed by atoms with Crippen molar-refractivity contribution in [1.82, 2.24) is 0 Å². The Balaban J connectivity index is 2.62. The fourth-order valence-electron chi connectivity index (χ4n) is 1.03. The second-order valence-electron chi connectivity index (χ2n) is 2.99. The van der Waals surface area contributed by atoms with E-state index in [4.69, 9.17) is 14.6 Å². The highest BCUT2D eigenvalue weighted by Gasteiger charge is 2.34. The zero-order valence-electron chi connectivity index (χ0n) is 7.81. The lowest BCUT2D eigenvalue weighted by molar-refractivity contribution is -0.175. The summed E-state index contributed by atoms with van der Waals surface area (Å²) in [6, 6.07) is 0. The average molecular weight is 198 g/mol. The van der Waals surface area contributed by atoms with E-state index in [9.17, 15) is 9.59 Å². The minimum absolute atomic E-state index is 0.441. The van der Waals surface area contributed by atoms with Crippen LogP contribution in [0.4, 0.5) is 0 Å². The molecular formula is C9H10O5. The highest BCUT2D eigenvalue weighted by molar-refractivity contribution is 5.90. The van der Waals surface area contributed by atoms with Gasteiger partial charge in [0, 0.05) is 18.6 Å². The van der Waals surface area contributed by atoms with Gasteiger partial charge in [-0.05, 0) is 6.92 Å². The summed E-state index contributed by atoms with van der Waals surface area (Å²) in [7, 11) is 0. The normalized spacial score (nSPS) is 26.1. The summed E-state index contributed by atoms with van der Waals surface area (Å²) in [4.78, 5) is 21.1. The van der Waals surface area contributed by atoms with Gasteiger partial charge in [-0.3, -0.25) is 0 Å². The van der Waals surface area contributed by atoms with Crippen LogP contribution in [0.1, 0.15) is 13.8 Å². The van der Waals surface area contributed by atoms with Gasteiger partial charge in [0.2, 0.25) is 0 Å². The molecule has 1 aliphatic rings. The van der Waals surface area contributed by atoms with Crippen LogP contribution in [0.15, 0.2) is 24.0 Å². The summed E-state index contributed by atoms with van der Waals surface area (Å²) in [5, 5.41) is 8.29. The van der Waals surface area contributed by atoms with Crippen molar-refractivity contribution in [1.29, 1.82) is 0 Å². The molecule has 0 aliphatic carbocycles. The SMILES string of the molecule is CC1=CC(C)(O/C=C/C(=O)O)OC1=O. The van der Waals surface area contributed by atoms with Crippen LogP contribution in [-0.2, 0) is 19.1 Å². The maximum absolute atomic E-state index is 11.0. The summed E-state index contributed by atoms with van der Waals surface area (Å²) < 4.78 is 9.81. The summed E-state index contributed by atoms with van der Waals surface area (Å²) in [6.45, 7) is 3.12. The van der Waals surface area contributed by atoms with Crippen LogP contribution in [0, 0.1) is 0 Å². The standard InChI is InChI=1S/C9H10O5/c1-6-5-9(2,14-8(6)12)13-4-3-7(10)11/h3-5H,1-2H3,(H,10,11)/b4-3+. The summed E-state index contributed by atoms with van der Waals surface area (Å²) in [5.74, 6) is -2.78. The lowest BCUT2D eigenvalue weighted by atomic mass is 10.2. The number of ether oxygens (including phenoxy) is 2. The van der Waals surface area contributed by atoms with E-state index in [1.807, 2.05) is 0 Å². The number of aliphatic carboxylic acids is 1. The first-order valence-electron chi connectivity index (χ1n) is 3.93. The number of rotatable bonds is 3. The van der Waals surface area contributed by atoms with Crippen LogP contribution in [0.25, 0.3) is 0 Å². The first kappa shape index (κ1) is 10.3. The first-order chi connectivity index (χ1) is 6.43. The minimum Gasteiger partial charge on any atom is -0.478 e. The minimum atomic E-state index is -1.19. The predicted molar refractivity (Wildman–Crippen MR) is 46.1 cm³/mol. The van der Waals surface area contributed by atoms with Crippen molar-refractivity contribution in [3.8, 4) is 0 Å². The van der Waals surface area contributed by atoms with Crippen molar-refractivity contribution in [2.24, 2.45) is 0 Å². The van der Waals surface area contributed by atoms with Gasteiger partial charge in [-0.15, -0.1) is 0 Å². The van der Waals surface area contributed by atoms with Crippen LogP contribution >= 0.6 is 0 Å². The molecule has 1 rings (SSSR count). The lowest BCUT2D eigenvalue weighted by Crippen LogP contribution is -2.25. The van der Waals surface area contributed by atoms with Crippen molar-refractivity contribution in [2.45, 2.75) is 19.6 Å². The van der Waals surface area contributed by atoms with Gasteiger partial charge in [-0.25, -0.2) is 9.59 Å². The molecule has 0 saturated heterocycles. The van der Waals surface area contributed by atoms with Gasteiger partial charge in [-0.1, -0.05) is 0 Å². The Morgan fingerprint density at radius 3 is 2.79 bits per heavy atom. The summed E-state index contributed by atoms with van der Waals surface area (Å²) in [5.41, 5.74) is 0.441. The van der Waals surface area contributed by atoms with E-state index in [1.165, 1.54) is 13.0 Å². The maximum Gasteiger partial charge on any atom is 0.337 e. The predicted octanol–water partition coefficient (Wildman–Crippen LogP) is 0.821. The summed E-state index contributed by atoms with van der Waals surface area (Å²) >= 11 is 0. The molecule has 1 N–H and O–H groups in total. The van der Waals surface area contributed by atoms with E-state index in [-0.39, 0.29) is 0 Å². The summed E-state index contributed by atoms with van der Waals surface area (Å²) in [6.07, 6.45) is 3.28. The third-order valence-electron chi connectivity index (χ3n) is 1.61. The molecular weight excluding hydrogens is 188 g/mol. The Morgan fingerprint density at radius 1 is 1.71 bits per heavy atom. The van der Waals surface area contributed by atoms with Gasteiger partial charge < -0.3 is 14.6 Å². The number of esters is 1. The van der Waals surface area contributed by atoms with E-state index < -0.39 is 17.7 Å². The van der Waals surface area contributed by atoms with Gasteiger partial charge in [0.15, 0.2) is 0 Å². The quantitative estimate of drug-likeness (QED) is 0.413. The second-order valence-corrected chi connectivity index (χ2v) is 2.99. The van der Waals surface area contributed by atoms with Crippen LogP contribution in [0.5, 0.6) is 0 Å². The molecule has 0 aromatic heterocycles. The first-order valence-corrected chi connectivity index (χ1v) is 3.93. The monoisotopic (exact) mass is 198 g/mol. The molecule has 76 valence electrons. The Hall–Kier alpha value is -1.78. The van der Waals surface area contributed by atoms with E-state index in [1.54, 1.807) is 6.92 Å². The molecule has 1 unspecified atom stereocenters. The van der Waals surface area contributed by atoms with Crippen LogP contribution in [0.3, 0.4) is 0 Å². The molecule has 5 heteroatoms. The maximum atomic E-state index is 11.0. The van der Waals surface area contributed by atoms with Crippen molar-refractivity contribution in [3.63, 3.8) is 0 Å². The van der Waals surface area contributed by atoms with Crippen LogP contribution in [0.2, 0.25) is 0 Å². The number of carbonyl (C=O) groups is 2. The van der Waals surface area contributed by atoms with Crippen LogP contribution < -0.4 is 0 Å². The molecule has 0 spiro atoms. The lowest BCUT2D eigenvalue weighted by Gasteiger charge is -2.19. The molecule has 0 fully saturated rings. The Bertz CT molecular complexity index is 328. The van der Waals surface area contributed by atoms with E-state index in [0.717, 1.165) is 12.3 Å². The smallest absolute Gasteiger partial charge is 0.337 e. The van der Waals surface area contributed by atoms with Crippen molar-refractivity contribution < 1.29 is 24.2 Å². The number of hydrogen-bond donors (Lipinski definition) is 1. The van der Waals surface area contributed by atoms with Gasteiger partial charge in [-0.2, -0.15) is 0 Å². The zero-order valence-corrected chi connectivity index (χ0v) is 7.81. The van der Waals surface area contributed by atoms with E-state index in [2.05, 4.69) is 0 Å². The molecule has 1 aliphatic heterocycles. The molecule has 5 nitrogen and oxygen atoms in total. The Morgan fingerprint density at radius 2 is 2.36 bits per heavy atom. The Kier molecular flexibility index (Phi) is 2.60. The molecule has 1 atom stereocenters. The molecule has 14 heavy (non-hydrogen) atoms. The topological polar surface area (TPSA) is 72.8 Å². The average Bonchev–Trinajstić information content (AvgIpc) is 2.25. The highest BCUT2D eigenvalue weighted by atomic mass is 16.7. The van der Waals surface area contributed by atoms with Gasteiger partial charge in [0.05, 0.1) is 12.3 Å². The third-order valence-corrected chi connectivity index (χ3v) is 1.61. The number of hydrogen-bond acceptors (Lipinski definition) is 4. The number of carbonyl (C=O) groups excluding carboxylic acids is 1. The molecule has 0 radical (unpaired) electrons. The van der Waals surface area contributed by atoms with Gasteiger partial charge >= 0.3 is 11.9 Å². The van der Waals surface area contributed by atoms with Gasteiger partial charge in [0.1, 0.15) is 0 Å². The molecule has 0 aromatic carbocycles. The largest absolute Gasteiger partial charge is 0.478 e. The number of carboxylic acid groups (broad SMARTS) is 1. The van der Waals surface area contributed by atoms with Crippen molar-refractivity contribution >= 4 is 11.9 Å². The number of cyclic esters (lactones) is 1. The molecule has 0 saturated carbocycles. The highest BCUT2D eigenvalue weighted by Crippen LogP contribution is 2.25.